The summed E-state index contributed by atoms with van der Waals surface area (Å²) in [5.74, 6) is 0.840. The molecule has 1 aliphatic rings. The minimum Gasteiger partial charge on any atom is -0.352 e. The Morgan fingerprint density at radius 3 is 2.67 bits per heavy atom. The molecule has 1 saturated carbocycles. The van der Waals surface area contributed by atoms with Crippen molar-refractivity contribution in [2.24, 2.45) is 17.0 Å². The van der Waals surface area contributed by atoms with E-state index in [1.54, 1.807) is 6.07 Å². The summed E-state index contributed by atoms with van der Waals surface area (Å²) < 4.78 is 23.3. The summed E-state index contributed by atoms with van der Waals surface area (Å²) in [7, 11) is -3.83. The lowest BCUT2D eigenvalue weighted by Crippen LogP contribution is -2.30. The fraction of sp³-hybridized carbons (Fsp3) is 0.500. The lowest BCUT2D eigenvalue weighted by Gasteiger charge is -2.16. The second-order valence-electron chi connectivity index (χ2n) is 5.60. The van der Waals surface area contributed by atoms with Gasteiger partial charge in [-0.3, -0.25) is 4.79 Å². The van der Waals surface area contributed by atoms with Crippen molar-refractivity contribution in [3.05, 3.63) is 28.2 Å². The number of hydrogen-bond acceptors (Lipinski definition) is 3. The Morgan fingerprint density at radius 2 is 2.10 bits per heavy atom. The highest BCUT2D eigenvalue weighted by Gasteiger charge is 2.24. The van der Waals surface area contributed by atoms with Crippen molar-refractivity contribution < 1.29 is 13.2 Å². The van der Waals surface area contributed by atoms with Gasteiger partial charge in [-0.1, -0.05) is 35.7 Å². The van der Waals surface area contributed by atoms with Gasteiger partial charge < -0.3 is 5.32 Å². The molecule has 0 aromatic heterocycles. The molecular formula is C14H19BrN2O3S. The third-order valence-electron chi connectivity index (χ3n) is 4.03. The highest BCUT2D eigenvalue weighted by Crippen LogP contribution is 2.30. The number of amides is 1. The zero-order valence-corrected chi connectivity index (χ0v) is 14.2. The summed E-state index contributed by atoms with van der Waals surface area (Å²) in [5, 5.41) is 7.99. The molecule has 1 aromatic rings. The van der Waals surface area contributed by atoms with E-state index in [9.17, 15) is 13.2 Å². The van der Waals surface area contributed by atoms with Gasteiger partial charge in [-0.25, -0.2) is 13.6 Å². The zero-order chi connectivity index (χ0) is 15.6. The average Bonchev–Trinajstić information content (AvgIpc) is 2.79. The van der Waals surface area contributed by atoms with Crippen LogP contribution in [0.1, 0.15) is 36.5 Å². The van der Waals surface area contributed by atoms with Gasteiger partial charge in [0.05, 0.1) is 4.90 Å². The molecule has 7 heteroatoms. The van der Waals surface area contributed by atoms with E-state index >= 15 is 0 Å². The molecule has 3 N–H and O–H groups in total. The zero-order valence-electron chi connectivity index (χ0n) is 11.8. The monoisotopic (exact) mass is 374 g/mol. The van der Waals surface area contributed by atoms with Gasteiger partial charge in [-0.2, -0.15) is 0 Å². The molecule has 0 bridgehead atoms. The Labute approximate surface area is 133 Å². The van der Waals surface area contributed by atoms with Crippen LogP contribution >= 0.6 is 15.9 Å². The summed E-state index contributed by atoms with van der Waals surface area (Å²) in [6.45, 7) is 2.82. The Hall–Kier alpha value is -0.920. The van der Waals surface area contributed by atoms with Crippen LogP contribution in [-0.4, -0.2) is 20.9 Å². The highest BCUT2D eigenvalue weighted by molar-refractivity contribution is 9.10. The molecule has 2 unspecified atom stereocenters. The van der Waals surface area contributed by atoms with Crippen molar-refractivity contribution in [3.63, 3.8) is 0 Å². The summed E-state index contributed by atoms with van der Waals surface area (Å²) in [5.41, 5.74) is 0.291. The number of rotatable bonds is 4. The van der Waals surface area contributed by atoms with Gasteiger partial charge in [-0.05, 0) is 36.5 Å². The number of hydrogen-bond donors (Lipinski definition) is 2. The van der Waals surface area contributed by atoms with Crippen LogP contribution in [0.2, 0.25) is 0 Å². The van der Waals surface area contributed by atoms with E-state index in [4.69, 9.17) is 5.14 Å². The summed E-state index contributed by atoms with van der Waals surface area (Å²) in [6, 6.07) is 4.26. The van der Waals surface area contributed by atoms with Crippen LogP contribution < -0.4 is 10.5 Å². The maximum atomic E-state index is 12.2. The molecule has 0 heterocycles. The van der Waals surface area contributed by atoms with Crippen molar-refractivity contribution in [1.29, 1.82) is 0 Å². The minimum absolute atomic E-state index is 0.0729. The van der Waals surface area contributed by atoms with Gasteiger partial charge in [-0.15, -0.1) is 0 Å². The normalized spacial score (nSPS) is 22.2. The number of carbonyl (C=O) groups excluding carboxylic acids is 1. The Morgan fingerprint density at radius 1 is 1.38 bits per heavy atom. The number of benzene rings is 1. The van der Waals surface area contributed by atoms with Crippen LogP contribution in [0.15, 0.2) is 27.6 Å². The maximum absolute atomic E-state index is 12.2. The van der Waals surface area contributed by atoms with E-state index in [0.29, 0.717) is 28.4 Å². The minimum atomic E-state index is -3.83. The summed E-state index contributed by atoms with van der Waals surface area (Å²) in [4.78, 5) is 12.1. The molecule has 116 valence electrons. The number of nitrogens with two attached hydrogens (primary N) is 1. The van der Waals surface area contributed by atoms with Crippen LogP contribution in [0.3, 0.4) is 0 Å². The molecule has 1 aliphatic carbocycles. The largest absolute Gasteiger partial charge is 0.352 e. The number of halogens is 1. The Bertz CT molecular complexity index is 646. The first-order valence-electron chi connectivity index (χ1n) is 6.89. The third kappa shape index (κ3) is 4.28. The van der Waals surface area contributed by atoms with Gasteiger partial charge in [0.25, 0.3) is 5.91 Å². The van der Waals surface area contributed by atoms with Gasteiger partial charge in [0.15, 0.2) is 0 Å². The van der Waals surface area contributed by atoms with Crippen LogP contribution in [-0.2, 0) is 10.0 Å². The molecule has 0 radical (unpaired) electrons. The van der Waals surface area contributed by atoms with Gasteiger partial charge in [0.2, 0.25) is 10.0 Å². The van der Waals surface area contributed by atoms with Crippen molar-refractivity contribution in [1.82, 2.24) is 5.32 Å². The molecule has 2 rings (SSSR count). The van der Waals surface area contributed by atoms with Gasteiger partial charge >= 0.3 is 0 Å². The molecule has 0 saturated heterocycles. The van der Waals surface area contributed by atoms with Crippen LogP contribution in [0.25, 0.3) is 0 Å². The highest BCUT2D eigenvalue weighted by atomic mass is 79.9. The number of nitrogens with one attached hydrogen (secondary N) is 1. The number of primary sulfonamides is 1. The van der Waals surface area contributed by atoms with Crippen molar-refractivity contribution in [3.8, 4) is 0 Å². The first-order valence-corrected chi connectivity index (χ1v) is 9.23. The summed E-state index contributed by atoms with van der Waals surface area (Å²) >= 11 is 3.20. The maximum Gasteiger partial charge on any atom is 0.251 e. The molecule has 5 nitrogen and oxygen atoms in total. The quantitative estimate of drug-likeness (QED) is 0.846. The van der Waals surface area contributed by atoms with Crippen LogP contribution in [0.4, 0.5) is 0 Å². The lowest BCUT2D eigenvalue weighted by molar-refractivity contribution is 0.0944. The molecule has 1 fully saturated rings. The molecule has 21 heavy (non-hydrogen) atoms. The fourth-order valence-electron chi connectivity index (χ4n) is 2.71. The lowest BCUT2D eigenvalue weighted by atomic mass is 9.98. The van der Waals surface area contributed by atoms with Crippen LogP contribution in [0, 0.1) is 11.8 Å². The number of sulfonamides is 1. The first-order chi connectivity index (χ1) is 9.77. The van der Waals surface area contributed by atoms with E-state index in [1.165, 1.54) is 25.0 Å². The summed E-state index contributed by atoms with van der Waals surface area (Å²) in [6.07, 6.45) is 3.53. The Balaban J connectivity index is 2.10. The average molecular weight is 375 g/mol. The van der Waals surface area contributed by atoms with Crippen molar-refractivity contribution in [2.45, 2.75) is 31.1 Å². The first kappa shape index (κ1) is 16.5. The molecule has 1 aromatic carbocycles. The fourth-order valence-corrected chi connectivity index (χ4v) is 3.94. The molecule has 0 spiro atoms. The topological polar surface area (TPSA) is 89.3 Å². The van der Waals surface area contributed by atoms with Gasteiger partial charge in [0, 0.05) is 16.6 Å². The van der Waals surface area contributed by atoms with Crippen molar-refractivity contribution in [2.75, 3.05) is 6.54 Å². The molecular weight excluding hydrogens is 356 g/mol. The second kappa shape index (κ2) is 6.46. The SMILES string of the molecule is CC1CCCC1CNC(=O)c1cc(Br)cc(S(N)(=O)=O)c1. The van der Waals surface area contributed by atoms with E-state index in [0.717, 1.165) is 6.42 Å². The van der Waals surface area contributed by atoms with E-state index in [1.807, 2.05) is 0 Å². The van der Waals surface area contributed by atoms with E-state index in [-0.39, 0.29) is 10.8 Å². The van der Waals surface area contributed by atoms with Crippen molar-refractivity contribution >= 4 is 31.9 Å². The van der Waals surface area contributed by atoms with E-state index in [2.05, 4.69) is 28.2 Å². The van der Waals surface area contributed by atoms with Gasteiger partial charge in [0.1, 0.15) is 0 Å². The predicted octanol–water partition coefficient (Wildman–Crippen LogP) is 2.26. The third-order valence-corrected chi connectivity index (χ3v) is 5.38. The number of carbonyl (C=O) groups is 1. The molecule has 2 atom stereocenters. The second-order valence-corrected chi connectivity index (χ2v) is 8.08. The predicted molar refractivity (Wildman–Crippen MR) is 84.4 cm³/mol. The Kier molecular flexibility index (Phi) is 5.06. The smallest absolute Gasteiger partial charge is 0.251 e. The standard InChI is InChI=1S/C14H19BrN2O3S/c1-9-3-2-4-10(9)8-17-14(18)11-5-12(15)7-13(6-11)21(16,19)20/h5-7,9-10H,2-4,8H2,1H3,(H,17,18)(H2,16,19,20). The molecule has 0 aliphatic heterocycles. The van der Waals surface area contributed by atoms with Crippen LogP contribution in [0.5, 0.6) is 0 Å². The molecule has 1 amide bonds. The van der Waals surface area contributed by atoms with E-state index < -0.39 is 10.0 Å².